The van der Waals surface area contributed by atoms with E-state index in [4.69, 9.17) is 13.9 Å². The molecule has 1 heterocycles. The third-order valence-corrected chi connectivity index (χ3v) is 3.31. The predicted molar refractivity (Wildman–Crippen MR) is 91.4 cm³/mol. The zero-order valence-corrected chi connectivity index (χ0v) is 14.3. The molecule has 0 aliphatic carbocycles. The Morgan fingerprint density at radius 3 is 2.50 bits per heavy atom. The van der Waals surface area contributed by atoms with Crippen LogP contribution in [0, 0.1) is 0 Å². The van der Waals surface area contributed by atoms with Crippen molar-refractivity contribution in [3.63, 3.8) is 0 Å². The van der Waals surface area contributed by atoms with Gasteiger partial charge in [-0.05, 0) is 36.2 Å². The number of ether oxygens (including phenoxy) is 2. The molecule has 138 valence electrons. The highest BCUT2D eigenvalue weighted by Gasteiger charge is 2.11. The molecule has 0 unspecified atom stereocenters. The number of furan rings is 1. The standard InChI is InChI=1S/C18H20N2O6/c1-2-13-5-7-14(8-6-13)25-12-17(22)26-11-16(21)20-18(23)19-10-15-4-3-9-24-15/h3-9H,2,10-12H2,1H3,(H2,19,20,21,23). The van der Waals surface area contributed by atoms with Crippen LogP contribution < -0.4 is 15.4 Å². The lowest BCUT2D eigenvalue weighted by Crippen LogP contribution is -2.41. The van der Waals surface area contributed by atoms with E-state index in [0.717, 1.165) is 12.0 Å². The van der Waals surface area contributed by atoms with Gasteiger partial charge in [-0.25, -0.2) is 9.59 Å². The Bertz CT molecular complexity index is 725. The van der Waals surface area contributed by atoms with Crippen LogP contribution in [0.1, 0.15) is 18.2 Å². The summed E-state index contributed by atoms with van der Waals surface area (Å²) in [5, 5.41) is 4.47. The Morgan fingerprint density at radius 1 is 1.08 bits per heavy atom. The normalized spacial score (nSPS) is 10.0. The molecule has 0 aliphatic heterocycles. The van der Waals surface area contributed by atoms with E-state index in [1.54, 1.807) is 24.3 Å². The van der Waals surface area contributed by atoms with Crippen molar-refractivity contribution in [2.24, 2.45) is 0 Å². The maximum absolute atomic E-state index is 11.6. The third kappa shape index (κ3) is 6.68. The molecule has 0 bridgehead atoms. The molecule has 8 nitrogen and oxygen atoms in total. The molecule has 2 N–H and O–H groups in total. The van der Waals surface area contributed by atoms with Crippen LogP contribution in [-0.4, -0.2) is 31.1 Å². The summed E-state index contributed by atoms with van der Waals surface area (Å²) in [6, 6.07) is 9.95. The highest BCUT2D eigenvalue weighted by atomic mass is 16.6. The minimum Gasteiger partial charge on any atom is -0.482 e. The number of imide groups is 1. The smallest absolute Gasteiger partial charge is 0.344 e. The molecule has 0 atom stereocenters. The van der Waals surface area contributed by atoms with E-state index in [1.807, 2.05) is 24.4 Å². The quantitative estimate of drug-likeness (QED) is 0.695. The summed E-state index contributed by atoms with van der Waals surface area (Å²) < 4.78 is 15.0. The van der Waals surface area contributed by atoms with Crippen molar-refractivity contribution in [1.82, 2.24) is 10.6 Å². The van der Waals surface area contributed by atoms with Gasteiger partial charge in [-0.3, -0.25) is 10.1 Å². The van der Waals surface area contributed by atoms with E-state index in [1.165, 1.54) is 6.26 Å². The summed E-state index contributed by atoms with van der Waals surface area (Å²) in [5.41, 5.74) is 1.15. The van der Waals surface area contributed by atoms with E-state index in [-0.39, 0.29) is 13.2 Å². The second kappa shape index (κ2) is 9.87. The van der Waals surface area contributed by atoms with Crippen LogP contribution >= 0.6 is 0 Å². The highest BCUT2D eigenvalue weighted by molar-refractivity contribution is 5.95. The molecule has 0 aliphatic rings. The minimum atomic E-state index is -0.748. The first-order chi connectivity index (χ1) is 12.6. The maximum atomic E-state index is 11.6. The Morgan fingerprint density at radius 2 is 1.85 bits per heavy atom. The van der Waals surface area contributed by atoms with Gasteiger partial charge in [0.05, 0.1) is 12.8 Å². The lowest BCUT2D eigenvalue weighted by Gasteiger charge is -2.08. The number of amides is 3. The van der Waals surface area contributed by atoms with Crippen molar-refractivity contribution in [1.29, 1.82) is 0 Å². The number of aryl methyl sites for hydroxylation is 1. The van der Waals surface area contributed by atoms with E-state index < -0.39 is 24.5 Å². The molecular formula is C18H20N2O6. The van der Waals surface area contributed by atoms with Crippen molar-refractivity contribution >= 4 is 17.9 Å². The first-order valence-corrected chi connectivity index (χ1v) is 8.04. The van der Waals surface area contributed by atoms with Gasteiger partial charge in [0.1, 0.15) is 11.5 Å². The van der Waals surface area contributed by atoms with Gasteiger partial charge in [0.2, 0.25) is 0 Å². The fourth-order valence-corrected chi connectivity index (χ4v) is 1.94. The van der Waals surface area contributed by atoms with Gasteiger partial charge >= 0.3 is 12.0 Å². The Hall–Kier alpha value is -3.29. The summed E-state index contributed by atoms with van der Waals surface area (Å²) in [7, 11) is 0. The first kappa shape index (κ1) is 19.0. The third-order valence-electron chi connectivity index (χ3n) is 3.31. The number of urea groups is 1. The number of hydrogen-bond donors (Lipinski definition) is 2. The summed E-state index contributed by atoms with van der Waals surface area (Å²) in [6.07, 6.45) is 2.38. The number of benzene rings is 1. The second-order valence-corrected chi connectivity index (χ2v) is 5.26. The summed E-state index contributed by atoms with van der Waals surface area (Å²) >= 11 is 0. The molecule has 1 aromatic carbocycles. The van der Waals surface area contributed by atoms with Crippen molar-refractivity contribution in [2.75, 3.05) is 13.2 Å². The topological polar surface area (TPSA) is 107 Å². The van der Waals surface area contributed by atoms with Crippen LogP contribution in [0.25, 0.3) is 0 Å². The lowest BCUT2D eigenvalue weighted by molar-refractivity contribution is -0.150. The fraction of sp³-hybridized carbons (Fsp3) is 0.278. The lowest BCUT2D eigenvalue weighted by atomic mass is 10.2. The van der Waals surface area contributed by atoms with Crippen LogP contribution in [0.15, 0.2) is 47.1 Å². The molecule has 2 aromatic rings. The fourth-order valence-electron chi connectivity index (χ4n) is 1.94. The summed E-state index contributed by atoms with van der Waals surface area (Å²) in [5.74, 6) is -0.387. The van der Waals surface area contributed by atoms with Crippen molar-refractivity contribution < 1.29 is 28.3 Å². The van der Waals surface area contributed by atoms with Crippen molar-refractivity contribution in [3.8, 4) is 5.75 Å². The van der Waals surface area contributed by atoms with E-state index in [0.29, 0.717) is 11.5 Å². The summed E-state index contributed by atoms with van der Waals surface area (Å²) in [6.45, 7) is 1.26. The van der Waals surface area contributed by atoms with Gasteiger partial charge in [-0.15, -0.1) is 0 Å². The number of rotatable bonds is 8. The Balaban J connectivity index is 1.61. The Kier molecular flexibility index (Phi) is 7.23. The van der Waals surface area contributed by atoms with E-state index in [2.05, 4.69) is 5.32 Å². The van der Waals surface area contributed by atoms with E-state index >= 15 is 0 Å². The van der Waals surface area contributed by atoms with Gasteiger partial charge in [0.15, 0.2) is 13.2 Å². The van der Waals surface area contributed by atoms with Crippen LogP contribution in [0.5, 0.6) is 5.75 Å². The molecule has 3 amide bonds. The number of hydrogen-bond acceptors (Lipinski definition) is 6. The second-order valence-electron chi connectivity index (χ2n) is 5.26. The molecule has 0 saturated carbocycles. The van der Waals surface area contributed by atoms with Crippen LogP contribution in [0.2, 0.25) is 0 Å². The first-order valence-electron chi connectivity index (χ1n) is 8.04. The average molecular weight is 360 g/mol. The van der Waals surface area contributed by atoms with E-state index in [9.17, 15) is 14.4 Å². The number of nitrogens with one attached hydrogen (secondary N) is 2. The SMILES string of the molecule is CCc1ccc(OCC(=O)OCC(=O)NC(=O)NCc2ccco2)cc1. The molecule has 1 aromatic heterocycles. The molecule has 0 saturated heterocycles. The molecule has 26 heavy (non-hydrogen) atoms. The molecule has 0 fully saturated rings. The van der Waals surface area contributed by atoms with Gasteiger partial charge in [-0.1, -0.05) is 19.1 Å². The number of carbonyl (C=O) groups excluding carboxylic acids is 3. The van der Waals surface area contributed by atoms with Crippen molar-refractivity contribution in [2.45, 2.75) is 19.9 Å². The zero-order valence-electron chi connectivity index (χ0n) is 14.3. The maximum Gasteiger partial charge on any atom is 0.344 e. The summed E-state index contributed by atoms with van der Waals surface area (Å²) in [4.78, 5) is 34.6. The molecule has 2 rings (SSSR count). The molecule has 0 radical (unpaired) electrons. The van der Waals surface area contributed by atoms with Gasteiger partial charge in [0, 0.05) is 0 Å². The number of carbonyl (C=O) groups is 3. The average Bonchev–Trinajstić information content (AvgIpc) is 3.17. The largest absolute Gasteiger partial charge is 0.482 e. The number of esters is 1. The van der Waals surface area contributed by atoms with Gasteiger partial charge in [-0.2, -0.15) is 0 Å². The van der Waals surface area contributed by atoms with Gasteiger partial charge < -0.3 is 19.2 Å². The monoisotopic (exact) mass is 360 g/mol. The van der Waals surface area contributed by atoms with Crippen LogP contribution in [0.4, 0.5) is 4.79 Å². The molecular weight excluding hydrogens is 340 g/mol. The van der Waals surface area contributed by atoms with Crippen molar-refractivity contribution in [3.05, 3.63) is 54.0 Å². The van der Waals surface area contributed by atoms with Gasteiger partial charge in [0.25, 0.3) is 5.91 Å². The minimum absolute atomic E-state index is 0.135. The van der Waals surface area contributed by atoms with Crippen LogP contribution in [-0.2, 0) is 27.3 Å². The highest BCUT2D eigenvalue weighted by Crippen LogP contribution is 2.12. The zero-order chi connectivity index (χ0) is 18.8. The Labute approximate surface area is 150 Å². The van der Waals surface area contributed by atoms with Crippen LogP contribution in [0.3, 0.4) is 0 Å². The predicted octanol–water partition coefficient (Wildman–Crippen LogP) is 1.79. The molecule has 8 heteroatoms. The molecule has 0 spiro atoms.